The van der Waals surface area contributed by atoms with Crippen LogP contribution in [-0.4, -0.2) is 39.9 Å². The van der Waals surface area contributed by atoms with Gasteiger partial charge >= 0.3 is 12.1 Å². The molecular weight excluding hydrogens is 391 g/mol. The van der Waals surface area contributed by atoms with Gasteiger partial charge in [-0.15, -0.1) is 0 Å². The highest BCUT2D eigenvalue weighted by molar-refractivity contribution is 7.99. The first-order chi connectivity index (χ1) is 13.2. The summed E-state index contributed by atoms with van der Waals surface area (Å²) < 4.78 is 40.5. The summed E-state index contributed by atoms with van der Waals surface area (Å²) in [6, 6.07) is 11.7. The highest BCUT2D eigenvalue weighted by atomic mass is 32.2. The minimum atomic E-state index is -4.38. The van der Waals surface area contributed by atoms with Gasteiger partial charge in [0.25, 0.3) is 0 Å². The van der Waals surface area contributed by atoms with Crippen molar-refractivity contribution in [1.82, 2.24) is 0 Å². The maximum Gasteiger partial charge on any atom is 0.395 e. The molecule has 2 rings (SSSR count). The van der Waals surface area contributed by atoms with E-state index >= 15 is 0 Å². The topological polar surface area (TPSA) is 83.5 Å². The minimum Gasteiger partial charge on any atom is -0.507 e. The Bertz CT molecular complexity index is 781. The Labute approximate surface area is 165 Å². The molecule has 2 atom stereocenters. The van der Waals surface area contributed by atoms with E-state index in [1.807, 2.05) is 0 Å². The molecule has 0 aliphatic rings. The molecule has 152 valence electrons. The van der Waals surface area contributed by atoms with Gasteiger partial charge in [0, 0.05) is 5.56 Å². The van der Waals surface area contributed by atoms with Crippen molar-refractivity contribution in [2.45, 2.75) is 31.0 Å². The Hall–Kier alpha value is -2.19. The van der Waals surface area contributed by atoms with Crippen LogP contribution in [0.1, 0.15) is 24.3 Å². The number of para-hydroxylation sites is 1. The van der Waals surface area contributed by atoms with Crippen LogP contribution in [0.5, 0.6) is 5.75 Å². The van der Waals surface area contributed by atoms with Crippen molar-refractivity contribution in [2.24, 2.45) is 5.73 Å². The Kier molecular flexibility index (Phi) is 7.77. The maximum absolute atomic E-state index is 13.5. The number of rotatable bonds is 9. The first-order valence-corrected chi connectivity index (χ1v) is 9.86. The van der Waals surface area contributed by atoms with E-state index in [1.165, 1.54) is 30.0 Å². The number of phenols is 1. The first kappa shape index (κ1) is 22.1. The lowest BCUT2D eigenvalue weighted by Crippen LogP contribution is -2.30. The Balaban J connectivity index is 2.01. The highest BCUT2D eigenvalue weighted by Crippen LogP contribution is 2.39. The van der Waals surface area contributed by atoms with Crippen LogP contribution in [0.15, 0.2) is 48.5 Å². The highest BCUT2D eigenvalue weighted by Gasteiger charge is 2.40. The quantitative estimate of drug-likeness (QED) is 0.522. The number of carboxylic acids is 1. The zero-order chi connectivity index (χ0) is 20.7. The zero-order valence-electron chi connectivity index (χ0n) is 15.0. The molecule has 2 unspecified atom stereocenters. The molecule has 8 heteroatoms. The van der Waals surface area contributed by atoms with E-state index in [-0.39, 0.29) is 29.9 Å². The van der Waals surface area contributed by atoms with Gasteiger partial charge in [0.1, 0.15) is 11.8 Å². The van der Waals surface area contributed by atoms with Gasteiger partial charge in [0.2, 0.25) is 0 Å². The Morgan fingerprint density at radius 3 is 2.21 bits per heavy atom. The van der Waals surface area contributed by atoms with E-state index in [9.17, 15) is 23.1 Å². The molecule has 0 aliphatic heterocycles. The fourth-order valence-electron chi connectivity index (χ4n) is 2.77. The molecule has 0 saturated carbocycles. The minimum absolute atomic E-state index is 0.0681. The fraction of sp³-hybridized carbons (Fsp3) is 0.350. The number of hydrogen-bond acceptors (Lipinski definition) is 4. The van der Waals surface area contributed by atoms with Crippen molar-refractivity contribution in [1.29, 1.82) is 0 Å². The number of aliphatic carboxylic acids is 1. The van der Waals surface area contributed by atoms with E-state index in [4.69, 9.17) is 10.8 Å². The predicted octanol–water partition coefficient (Wildman–Crippen LogP) is 4.63. The molecule has 0 heterocycles. The van der Waals surface area contributed by atoms with Gasteiger partial charge in [-0.1, -0.05) is 42.5 Å². The second-order valence-electron chi connectivity index (χ2n) is 6.37. The van der Waals surface area contributed by atoms with E-state index < -0.39 is 24.1 Å². The van der Waals surface area contributed by atoms with Gasteiger partial charge < -0.3 is 15.9 Å². The molecule has 2 aromatic carbocycles. The van der Waals surface area contributed by atoms with Gasteiger partial charge in [0.05, 0.1) is 5.92 Å². The van der Waals surface area contributed by atoms with Crippen molar-refractivity contribution in [3.05, 3.63) is 54.1 Å². The van der Waals surface area contributed by atoms with Crippen LogP contribution in [0.25, 0.3) is 11.1 Å². The molecule has 0 saturated heterocycles. The Morgan fingerprint density at radius 1 is 1.04 bits per heavy atom. The third-order valence-electron chi connectivity index (χ3n) is 4.36. The van der Waals surface area contributed by atoms with Gasteiger partial charge in [-0.3, -0.25) is 4.79 Å². The number of hydrogen-bond donors (Lipinski definition) is 3. The summed E-state index contributed by atoms with van der Waals surface area (Å²) in [6.07, 6.45) is -4.27. The molecular formula is C20H22F3NO3S. The van der Waals surface area contributed by atoms with Crippen LogP contribution in [-0.2, 0) is 4.79 Å². The van der Waals surface area contributed by atoms with Crippen molar-refractivity contribution in [2.75, 3.05) is 11.5 Å². The number of carbonyl (C=O) groups is 1. The number of alkyl halides is 3. The van der Waals surface area contributed by atoms with E-state index in [2.05, 4.69) is 0 Å². The summed E-state index contributed by atoms with van der Waals surface area (Å²) in [7, 11) is 0. The summed E-state index contributed by atoms with van der Waals surface area (Å²) >= 11 is 1.26. The van der Waals surface area contributed by atoms with Crippen molar-refractivity contribution < 1.29 is 28.2 Å². The van der Waals surface area contributed by atoms with Gasteiger partial charge in [0.15, 0.2) is 0 Å². The van der Waals surface area contributed by atoms with Crippen molar-refractivity contribution >= 4 is 17.7 Å². The number of carboxylic acid groups (broad SMARTS) is 1. The lowest BCUT2D eigenvalue weighted by Gasteiger charge is -2.21. The molecule has 0 aliphatic carbocycles. The smallest absolute Gasteiger partial charge is 0.395 e. The molecule has 0 bridgehead atoms. The fourth-order valence-corrected chi connectivity index (χ4v) is 3.80. The number of benzene rings is 2. The van der Waals surface area contributed by atoms with Crippen LogP contribution in [0.3, 0.4) is 0 Å². The SMILES string of the molecule is NC(CCSCCC(c1ccc(-c2ccccc2O)cc1)C(F)(F)F)C(=O)O. The average molecular weight is 413 g/mol. The predicted molar refractivity (Wildman–Crippen MR) is 105 cm³/mol. The maximum atomic E-state index is 13.5. The van der Waals surface area contributed by atoms with E-state index in [0.717, 1.165) is 0 Å². The molecule has 2 aromatic rings. The lowest BCUT2D eigenvalue weighted by atomic mass is 9.93. The molecule has 28 heavy (non-hydrogen) atoms. The molecule has 0 fully saturated rings. The standard InChI is InChI=1S/C20H22F3NO3S/c21-20(22,23)16(9-11-28-12-10-17(24)19(26)27)14-7-5-13(6-8-14)15-3-1-2-4-18(15)25/h1-8,16-17,25H,9-12,24H2,(H,26,27). The normalized spacial score (nSPS) is 13.9. The number of phenolic OH excluding ortho intramolecular Hbond substituents is 1. The average Bonchev–Trinajstić information content (AvgIpc) is 2.64. The van der Waals surface area contributed by atoms with E-state index in [0.29, 0.717) is 16.9 Å². The van der Waals surface area contributed by atoms with Gasteiger partial charge in [-0.2, -0.15) is 24.9 Å². The van der Waals surface area contributed by atoms with Crippen LogP contribution >= 0.6 is 11.8 Å². The van der Waals surface area contributed by atoms with Crippen LogP contribution < -0.4 is 5.73 Å². The number of aromatic hydroxyl groups is 1. The summed E-state index contributed by atoms with van der Waals surface area (Å²) in [5, 5.41) is 18.6. The first-order valence-electron chi connectivity index (χ1n) is 8.71. The third-order valence-corrected chi connectivity index (χ3v) is 5.41. The third kappa shape index (κ3) is 6.17. The molecule has 0 aromatic heterocycles. The zero-order valence-corrected chi connectivity index (χ0v) is 15.8. The number of nitrogens with two attached hydrogens (primary N) is 1. The lowest BCUT2D eigenvalue weighted by molar-refractivity contribution is -0.150. The summed E-state index contributed by atoms with van der Waals surface area (Å²) in [5.41, 5.74) is 6.74. The summed E-state index contributed by atoms with van der Waals surface area (Å²) in [4.78, 5) is 10.6. The second-order valence-corrected chi connectivity index (χ2v) is 7.59. The van der Waals surface area contributed by atoms with Crippen LogP contribution in [0, 0.1) is 0 Å². The molecule has 4 N–H and O–H groups in total. The monoisotopic (exact) mass is 413 g/mol. The second kappa shape index (κ2) is 9.84. The van der Waals surface area contributed by atoms with E-state index in [1.54, 1.807) is 30.3 Å². The van der Waals surface area contributed by atoms with Gasteiger partial charge in [-0.25, -0.2) is 0 Å². The number of halogens is 3. The molecule has 4 nitrogen and oxygen atoms in total. The molecule has 0 spiro atoms. The summed E-state index contributed by atoms with van der Waals surface area (Å²) in [6.45, 7) is 0. The Morgan fingerprint density at radius 2 is 1.64 bits per heavy atom. The number of thioether (sulfide) groups is 1. The van der Waals surface area contributed by atoms with Crippen molar-refractivity contribution in [3.8, 4) is 16.9 Å². The molecule has 0 radical (unpaired) electrons. The summed E-state index contributed by atoms with van der Waals surface area (Å²) in [5.74, 6) is -2.01. The van der Waals surface area contributed by atoms with Crippen molar-refractivity contribution in [3.63, 3.8) is 0 Å². The molecule has 0 amide bonds. The van der Waals surface area contributed by atoms with Crippen LogP contribution in [0.2, 0.25) is 0 Å². The van der Waals surface area contributed by atoms with Crippen LogP contribution in [0.4, 0.5) is 13.2 Å². The largest absolute Gasteiger partial charge is 0.507 e. The van der Waals surface area contributed by atoms with Gasteiger partial charge in [-0.05, 0) is 41.5 Å².